The summed E-state index contributed by atoms with van der Waals surface area (Å²) < 4.78 is 0. The molecule has 4 heteroatoms. The van der Waals surface area contributed by atoms with E-state index in [-0.39, 0.29) is 5.91 Å². The molecule has 0 aliphatic heterocycles. The summed E-state index contributed by atoms with van der Waals surface area (Å²) in [6, 6.07) is 9.35. The lowest BCUT2D eigenvalue weighted by Gasteiger charge is -2.04. The zero-order valence-corrected chi connectivity index (χ0v) is 10.3. The Bertz CT molecular complexity index is 412. The summed E-state index contributed by atoms with van der Waals surface area (Å²) in [7, 11) is 0. The number of halogens is 1. The maximum absolute atomic E-state index is 11.5. The van der Waals surface area contributed by atoms with Crippen LogP contribution in [-0.2, 0) is 11.2 Å². The Kier molecular flexibility index (Phi) is 6.13. The third-order valence-electron chi connectivity index (χ3n) is 2.29. The van der Waals surface area contributed by atoms with E-state index in [1.807, 2.05) is 12.1 Å². The number of nitrogens with one attached hydrogen (secondary N) is 1. The summed E-state index contributed by atoms with van der Waals surface area (Å²) in [4.78, 5) is 11.5. The fraction of sp³-hybridized carbons (Fsp3) is 0.385. The van der Waals surface area contributed by atoms with Crippen molar-refractivity contribution in [2.75, 3.05) is 6.54 Å². The van der Waals surface area contributed by atoms with Crippen LogP contribution in [0.15, 0.2) is 24.3 Å². The third kappa shape index (κ3) is 5.94. The fourth-order valence-corrected chi connectivity index (χ4v) is 1.66. The van der Waals surface area contributed by atoms with Crippen molar-refractivity contribution >= 4 is 17.5 Å². The van der Waals surface area contributed by atoms with Crippen molar-refractivity contribution in [3.05, 3.63) is 34.9 Å². The highest BCUT2D eigenvalue weighted by atomic mass is 35.5. The molecule has 0 aliphatic rings. The van der Waals surface area contributed by atoms with Crippen LogP contribution in [0.3, 0.4) is 0 Å². The predicted octanol–water partition coefficient (Wildman–Crippen LogP) is 2.69. The largest absolute Gasteiger partial charge is 0.356 e. The molecule has 0 aromatic heterocycles. The normalized spacial score (nSPS) is 9.65. The van der Waals surface area contributed by atoms with E-state index in [0.717, 1.165) is 18.4 Å². The maximum atomic E-state index is 11.5. The SMILES string of the molecule is N#CCCCCNC(=O)Cc1cccc(Cl)c1. The topological polar surface area (TPSA) is 52.9 Å². The highest BCUT2D eigenvalue weighted by Gasteiger charge is 2.02. The molecule has 17 heavy (non-hydrogen) atoms. The van der Waals surface area contributed by atoms with Crippen molar-refractivity contribution in [2.45, 2.75) is 25.7 Å². The van der Waals surface area contributed by atoms with Crippen LogP contribution in [0.1, 0.15) is 24.8 Å². The molecule has 0 fully saturated rings. The predicted molar refractivity (Wildman–Crippen MR) is 67.6 cm³/mol. The Hall–Kier alpha value is -1.53. The second-order valence-corrected chi connectivity index (χ2v) is 4.21. The number of hydrogen-bond acceptors (Lipinski definition) is 2. The molecule has 1 aromatic carbocycles. The summed E-state index contributed by atoms with van der Waals surface area (Å²) in [6.07, 6.45) is 2.56. The molecule has 1 rings (SSSR count). The summed E-state index contributed by atoms with van der Waals surface area (Å²) in [5.41, 5.74) is 0.909. The highest BCUT2D eigenvalue weighted by molar-refractivity contribution is 6.30. The Morgan fingerprint density at radius 3 is 2.94 bits per heavy atom. The Labute approximate surface area is 106 Å². The standard InChI is InChI=1S/C13H15ClN2O/c14-12-6-4-5-11(9-12)10-13(17)16-8-3-1-2-7-15/h4-6,9H,1-3,8,10H2,(H,16,17). The molecule has 0 spiro atoms. The summed E-state index contributed by atoms with van der Waals surface area (Å²) >= 11 is 5.83. The van der Waals surface area contributed by atoms with E-state index in [4.69, 9.17) is 16.9 Å². The van der Waals surface area contributed by atoms with Crippen LogP contribution >= 0.6 is 11.6 Å². The Morgan fingerprint density at radius 2 is 2.24 bits per heavy atom. The first-order valence-electron chi connectivity index (χ1n) is 5.60. The molecule has 1 aromatic rings. The lowest BCUT2D eigenvalue weighted by Crippen LogP contribution is -2.26. The molecular formula is C13H15ClN2O. The van der Waals surface area contributed by atoms with Crippen molar-refractivity contribution in [3.63, 3.8) is 0 Å². The van der Waals surface area contributed by atoms with Crippen molar-refractivity contribution in [3.8, 4) is 6.07 Å². The van der Waals surface area contributed by atoms with E-state index in [1.165, 1.54) is 0 Å². The second kappa shape index (κ2) is 7.70. The highest BCUT2D eigenvalue weighted by Crippen LogP contribution is 2.10. The van der Waals surface area contributed by atoms with Gasteiger partial charge in [-0.25, -0.2) is 0 Å². The van der Waals surface area contributed by atoms with E-state index in [1.54, 1.807) is 12.1 Å². The minimum Gasteiger partial charge on any atom is -0.356 e. The van der Waals surface area contributed by atoms with Crippen LogP contribution in [0.5, 0.6) is 0 Å². The molecule has 0 bridgehead atoms. The molecule has 0 saturated heterocycles. The number of carbonyl (C=O) groups excluding carboxylic acids is 1. The zero-order chi connectivity index (χ0) is 12.5. The molecular weight excluding hydrogens is 236 g/mol. The first-order valence-corrected chi connectivity index (χ1v) is 5.98. The quantitative estimate of drug-likeness (QED) is 0.790. The lowest BCUT2D eigenvalue weighted by molar-refractivity contribution is -0.120. The number of hydrogen-bond donors (Lipinski definition) is 1. The van der Waals surface area contributed by atoms with Gasteiger partial charge < -0.3 is 5.32 Å². The van der Waals surface area contributed by atoms with Gasteiger partial charge in [0.05, 0.1) is 12.5 Å². The molecule has 0 radical (unpaired) electrons. The van der Waals surface area contributed by atoms with E-state index in [2.05, 4.69) is 11.4 Å². The Balaban J connectivity index is 2.23. The van der Waals surface area contributed by atoms with Crippen LogP contribution in [0, 0.1) is 11.3 Å². The molecule has 1 N–H and O–H groups in total. The van der Waals surface area contributed by atoms with Crippen LogP contribution in [0.4, 0.5) is 0 Å². The molecule has 0 heterocycles. The van der Waals surface area contributed by atoms with Gasteiger partial charge in [-0.1, -0.05) is 23.7 Å². The van der Waals surface area contributed by atoms with Crippen molar-refractivity contribution in [1.29, 1.82) is 5.26 Å². The average Bonchev–Trinajstić information content (AvgIpc) is 2.29. The number of rotatable bonds is 6. The molecule has 0 aliphatic carbocycles. The van der Waals surface area contributed by atoms with Gasteiger partial charge >= 0.3 is 0 Å². The second-order valence-electron chi connectivity index (χ2n) is 3.77. The van der Waals surface area contributed by atoms with E-state index in [0.29, 0.717) is 24.4 Å². The summed E-state index contributed by atoms with van der Waals surface area (Å²) in [5.74, 6) is -0.00998. The molecule has 1 amide bonds. The monoisotopic (exact) mass is 250 g/mol. The van der Waals surface area contributed by atoms with E-state index in [9.17, 15) is 4.79 Å². The third-order valence-corrected chi connectivity index (χ3v) is 2.53. The number of nitriles is 1. The van der Waals surface area contributed by atoms with Crippen molar-refractivity contribution in [2.24, 2.45) is 0 Å². The smallest absolute Gasteiger partial charge is 0.224 e. The number of amides is 1. The fourth-order valence-electron chi connectivity index (χ4n) is 1.45. The van der Waals surface area contributed by atoms with Crippen LogP contribution in [0.25, 0.3) is 0 Å². The maximum Gasteiger partial charge on any atom is 0.224 e. The van der Waals surface area contributed by atoms with Gasteiger partial charge in [-0.3, -0.25) is 4.79 Å². The molecule has 3 nitrogen and oxygen atoms in total. The van der Waals surface area contributed by atoms with Gasteiger partial charge in [-0.15, -0.1) is 0 Å². The van der Waals surface area contributed by atoms with Gasteiger partial charge in [-0.2, -0.15) is 5.26 Å². The molecule has 0 atom stereocenters. The van der Waals surface area contributed by atoms with E-state index < -0.39 is 0 Å². The van der Waals surface area contributed by atoms with Gasteiger partial charge in [0, 0.05) is 18.0 Å². The van der Waals surface area contributed by atoms with Crippen LogP contribution in [-0.4, -0.2) is 12.5 Å². The number of benzene rings is 1. The minimum absolute atomic E-state index is 0.00998. The number of nitrogens with zero attached hydrogens (tertiary/aromatic N) is 1. The number of unbranched alkanes of at least 4 members (excludes halogenated alkanes) is 2. The molecule has 90 valence electrons. The first-order chi connectivity index (χ1) is 8.22. The van der Waals surface area contributed by atoms with Crippen molar-refractivity contribution in [1.82, 2.24) is 5.32 Å². The van der Waals surface area contributed by atoms with Crippen LogP contribution in [0.2, 0.25) is 5.02 Å². The molecule has 0 unspecified atom stereocenters. The van der Waals surface area contributed by atoms with Gasteiger partial charge in [0.1, 0.15) is 0 Å². The van der Waals surface area contributed by atoms with Gasteiger partial charge in [0.2, 0.25) is 5.91 Å². The van der Waals surface area contributed by atoms with E-state index >= 15 is 0 Å². The average molecular weight is 251 g/mol. The Morgan fingerprint density at radius 1 is 1.41 bits per heavy atom. The lowest BCUT2D eigenvalue weighted by atomic mass is 10.1. The van der Waals surface area contributed by atoms with Crippen molar-refractivity contribution < 1.29 is 4.79 Å². The van der Waals surface area contributed by atoms with Gasteiger partial charge in [0.15, 0.2) is 0 Å². The zero-order valence-electron chi connectivity index (χ0n) is 9.58. The van der Waals surface area contributed by atoms with Gasteiger partial charge in [-0.05, 0) is 30.5 Å². The minimum atomic E-state index is -0.00998. The van der Waals surface area contributed by atoms with Crippen LogP contribution < -0.4 is 5.32 Å². The summed E-state index contributed by atoms with van der Waals surface area (Å²) in [6.45, 7) is 0.626. The first kappa shape index (κ1) is 13.5. The summed E-state index contributed by atoms with van der Waals surface area (Å²) in [5, 5.41) is 11.8. The molecule has 0 saturated carbocycles. The number of carbonyl (C=O) groups is 1. The van der Waals surface area contributed by atoms with Gasteiger partial charge in [0.25, 0.3) is 0 Å².